The molecule has 2 heterocycles. The van der Waals surface area contributed by atoms with Crippen LogP contribution in [0, 0.1) is 5.82 Å². The molecular weight excluding hydrogens is 375 g/mol. The van der Waals surface area contributed by atoms with E-state index in [9.17, 15) is 9.18 Å². The van der Waals surface area contributed by atoms with E-state index in [0.717, 1.165) is 26.2 Å². The summed E-state index contributed by atoms with van der Waals surface area (Å²) in [6, 6.07) is 7.15. The molecule has 0 saturated carbocycles. The fourth-order valence-corrected chi connectivity index (χ4v) is 2.97. The number of pyridine rings is 1. The standard InChI is InChI=1S/C20H27FN6O2/c1-25(2)7-8-26-9-11-27(12-10-26)20(28)24-19-14-16(5-6-23-19)29-18-4-3-15(22)13-17(18)21/h3-6,13-14H,7-12,22H2,1-2H3,(H,23,24,28). The Kier molecular flexibility index (Phi) is 6.84. The largest absolute Gasteiger partial charge is 0.454 e. The Balaban J connectivity index is 1.54. The summed E-state index contributed by atoms with van der Waals surface area (Å²) in [5.74, 6) is 0.210. The van der Waals surface area contributed by atoms with E-state index in [-0.39, 0.29) is 11.8 Å². The fraction of sp³-hybridized carbons (Fsp3) is 0.400. The van der Waals surface area contributed by atoms with E-state index in [0.29, 0.717) is 30.3 Å². The van der Waals surface area contributed by atoms with E-state index in [1.807, 2.05) is 0 Å². The first-order chi connectivity index (χ1) is 13.9. The average molecular weight is 402 g/mol. The van der Waals surface area contributed by atoms with Gasteiger partial charge in [-0.25, -0.2) is 14.2 Å². The number of carbonyl (C=O) groups is 1. The van der Waals surface area contributed by atoms with E-state index in [1.165, 1.54) is 18.3 Å². The monoisotopic (exact) mass is 402 g/mol. The number of aromatic nitrogens is 1. The molecule has 0 atom stereocenters. The predicted octanol–water partition coefficient (Wildman–Crippen LogP) is 2.31. The second-order valence-corrected chi connectivity index (χ2v) is 7.23. The third kappa shape index (κ3) is 6.03. The number of benzene rings is 1. The number of carbonyl (C=O) groups excluding carboxylic acids is 1. The number of anilines is 2. The van der Waals surface area contributed by atoms with Crippen molar-refractivity contribution in [2.24, 2.45) is 0 Å². The van der Waals surface area contributed by atoms with E-state index < -0.39 is 5.82 Å². The van der Waals surface area contributed by atoms with Crippen LogP contribution in [0.15, 0.2) is 36.5 Å². The highest BCUT2D eigenvalue weighted by Gasteiger charge is 2.21. The summed E-state index contributed by atoms with van der Waals surface area (Å²) in [5, 5.41) is 2.78. The van der Waals surface area contributed by atoms with Crippen LogP contribution in [0.3, 0.4) is 0 Å². The number of nitrogens with one attached hydrogen (secondary N) is 1. The Bertz CT molecular complexity index is 839. The van der Waals surface area contributed by atoms with Crippen molar-refractivity contribution in [1.82, 2.24) is 19.7 Å². The molecule has 0 radical (unpaired) electrons. The van der Waals surface area contributed by atoms with Crippen molar-refractivity contribution in [2.75, 3.05) is 64.4 Å². The SMILES string of the molecule is CN(C)CCN1CCN(C(=O)Nc2cc(Oc3ccc(N)cc3F)ccn2)CC1. The topological polar surface area (TPSA) is 87.0 Å². The summed E-state index contributed by atoms with van der Waals surface area (Å²) in [6.07, 6.45) is 1.50. The lowest BCUT2D eigenvalue weighted by Crippen LogP contribution is -2.51. The van der Waals surface area contributed by atoms with Crippen LogP contribution in [0.1, 0.15) is 0 Å². The molecule has 0 unspecified atom stereocenters. The molecule has 1 fully saturated rings. The number of nitrogens with zero attached hydrogens (tertiary/aromatic N) is 4. The first-order valence-electron chi connectivity index (χ1n) is 9.52. The van der Waals surface area contributed by atoms with E-state index in [2.05, 4.69) is 34.2 Å². The van der Waals surface area contributed by atoms with E-state index in [1.54, 1.807) is 23.1 Å². The number of urea groups is 1. The molecule has 9 heteroatoms. The molecule has 0 spiro atoms. The zero-order valence-electron chi connectivity index (χ0n) is 16.8. The molecular formula is C20H27FN6O2. The zero-order valence-corrected chi connectivity index (χ0v) is 16.8. The number of hydrogen-bond acceptors (Lipinski definition) is 6. The Morgan fingerprint density at radius 3 is 2.69 bits per heavy atom. The van der Waals surface area contributed by atoms with E-state index >= 15 is 0 Å². The third-order valence-corrected chi connectivity index (χ3v) is 4.67. The minimum atomic E-state index is -0.556. The van der Waals surface area contributed by atoms with Gasteiger partial charge >= 0.3 is 6.03 Å². The summed E-state index contributed by atoms with van der Waals surface area (Å²) >= 11 is 0. The molecule has 1 aromatic heterocycles. The molecule has 1 aliphatic heterocycles. The highest BCUT2D eigenvalue weighted by Crippen LogP contribution is 2.26. The van der Waals surface area contributed by atoms with Gasteiger partial charge in [0.25, 0.3) is 0 Å². The molecule has 29 heavy (non-hydrogen) atoms. The van der Waals surface area contributed by atoms with Crippen molar-refractivity contribution >= 4 is 17.5 Å². The number of amides is 2. The van der Waals surface area contributed by atoms with Gasteiger partial charge in [-0.1, -0.05) is 0 Å². The second kappa shape index (κ2) is 9.53. The van der Waals surface area contributed by atoms with Crippen LogP contribution in [-0.4, -0.2) is 79.1 Å². The van der Waals surface area contributed by atoms with Crippen molar-refractivity contribution in [3.05, 3.63) is 42.3 Å². The molecule has 2 amide bonds. The van der Waals surface area contributed by atoms with Gasteiger partial charge in [0.1, 0.15) is 11.6 Å². The van der Waals surface area contributed by atoms with Gasteiger partial charge in [0.15, 0.2) is 11.6 Å². The normalized spacial score (nSPS) is 14.8. The maximum Gasteiger partial charge on any atom is 0.323 e. The fourth-order valence-electron chi connectivity index (χ4n) is 2.97. The predicted molar refractivity (Wildman–Crippen MR) is 111 cm³/mol. The second-order valence-electron chi connectivity index (χ2n) is 7.23. The molecule has 3 N–H and O–H groups in total. The third-order valence-electron chi connectivity index (χ3n) is 4.67. The smallest absolute Gasteiger partial charge is 0.323 e. The minimum Gasteiger partial charge on any atom is -0.454 e. The number of rotatable bonds is 6. The average Bonchev–Trinajstić information content (AvgIpc) is 2.69. The number of likely N-dealkylation sites (N-methyl/N-ethyl adjacent to an activating group) is 1. The van der Waals surface area contributed by atoms with Crippen LogP contribution in [-0.2, 0) is 0 Å². The van der Waals surface area contributed by atoms with Gasteiger partial charge in [0.05, 0.1) is 0 Å². The Morgan fingerprint density at radius 2 is 2.00 bits per heavy atom. The molecule has 0 bridgehead atoms. The number of hydrogen-bond donors (Lipinski definition) is 2. The van der Waals surface area contributed by atoms with Crippen molar-refractivity contribution < 1.29 is 13.9 Å². The quantitative estimate of drug-likeness (QED) is 0.721. The van der Waals surface area contributed by atoms with Crippen molar-refractivity contribution in [2.45, 2.75) is 0 Å². The maximum atomic E-state index is 13.9. The first kappa shape index (κ1) is 20.8. The van der Waals surface area contributed by atoms with Gasteiger partial charge in [0, 0.05) is 63.3 Å². The van der Waals surface area contributed by atoms with Gasteiger partial charge in [-0.05, 0) is 32.3 Å². The highest BCUT2D eigenvalue weighted by molar-refractivity contribution is 5.88. The minimum absolute atomic E-state index is 0.0523. The molecule has 3 rings (SSSR count). The van der Waals surface area contributed by atoms with Gasteiger partial charge < -0.3 is 20.3 Å². The maximum absolute atomic E-state index is 13.9. The van der Waals surface area contributed by atoms with Crippen molar-refractivity contribution in [1.29, 1.82) is 0 Å². The van der Waals surface area contributed by atoms with Crippen LogP contribution in [0.4, 0.5) is 20.7 Å². The van der Waals surface area contributed by atoms with E-state index in [4.69, 9.17) is 10.5 Å². The summed E-state index contributed by atoms with van der Waals surface area (Å²) in [4.78, 5) is 22.9. The van der Waals surface area contributed by atoms with Crippen molar-refractivity contribution in [3.8, 4) is 11.5 Å². The number of nitrogens with two attached hydrogens (primary N) is 1. The lowest BCUT2D eigenvalue weighted by molar-refractivity contribution is 0.140. The van der Waals surface area contributed by atoms with Gasteiger partial charge in [-0.2, -0.15) is 0 Å². The summed E-state index contributed by atoms with van der Waals surface area (Å²) < 4.78 is 19.5. The van der Waals surface area contributed by atoms with Crippen LogP contribution in [0.5, 0.6) is 11.5 Å². The summed E-state index contributed by atoms with van der Waals surface area (Å²) in [7, 11) is 4.10. The Labute approximate surface area is 170 Å². The highest BCUT2D eigenvalue weighted by atomic mass is 19.1. The molecule has 1 aromatic carbocycles. The van der Waals surface area contributed by atoms with Gasteiger partial charge in [-0.15, -0.1) is 0 Å². The van der Waals surface area contributed by atoms with Crippen LogP contribution in [0.2, 0.25) is 0 Å². The zero-order chi connectivity index (χ0) is 20.8. The number of halogens is 1. The molecule has 2 aromatic rings. The summed E-state index contributed by atoms with van der Waals surface area (Å²) in [5.41, 5.74) is 5.87. The number of piperazine rings is 1. The summed E-state index contributed by atoms with van der Waals surface area (Å²) in [6.45, 7) is 4.99. The molecule has 1 saturated heterocycles. The number of ether oxygens (including phenoxy) is 1. The lowest BCUT2D eigenvalue weighted by atomic mass is 10.3. The molecule has 0 aliphatic carbocycles. The van der Waals surface area contributed by atoms with Crippen LogP contribution >= 0.6 is 0 Å². The molecule has 156 valence electrons. The molecule has 8 nitrogen and oxygen atoms in total. The lowest BCUT2D eigenvalue weighted by Gasteiger charge is -2.35. The molecule has 1 aliphatic rings. The van der Waals surface area contributed by atoms with Gasteiger partial charge in [-0.3, -0.25) is 10.2 Å². The van der Waals surface area contributed by atoms with Crippen LogP contribution < -0.4 is 15.8 Å². The van der Waals surface area contributed by atoms with Gasteiger partial charge in [0.2, 0.25) is 0 Å². The Hall–Kier alpha value is -2.91. The number of nitrogen functional groups attached to an aromatic ring is 1. The first-order valence-corrected chi connectivity index (χ1v) is 9.52. The van der Waals surface area contributed by atoms with Crippen molar-refractivity contribution in [3.63, 3.8) is 0 Å². The Morgan fingerprint density at radius 1 is 1.24 bits per heavy atom. The van der Waals surface area contributed by atoms with Crippen LogP contribution in [0.25, 0.3) is 0 Å².